The van der Waals surface area contributed by atoms with Crippen molar-refractivity contribution in [2.24, 2.45) is 0 Å². The summed E-state index contributed by atoms with van der Waals surface area (Å²) in [6.45, 7) is 0.588. The van der Waals surface area contributed by atoms with Crippen LogP contribution in [-0.2, 0) is 9.84 Å². The molecule has 0 unspecified atom stereocenters. The molecule has 0 saturated carbocycles. The Bertz CT molecular complexity index is 606. The number of hydrogen-bond donors (Lipinski definition) is 1. The number of aromatic nitrogens is 3. The van der Waals surface area contributed by atoms with Crippen molar-refractivity contribution in [1.82, 2.24) is 14.6 Å². The molecule has 17 heavy (non-hydrogen) atoms. The molecule has 2 aromatic rings. The van der Waals surface area contributed by atoms with Crippen LogP contribution >= 0.6 is 0 Å². The van der Waals surface area contributed by atoms with E-state index in [9.17, 15) is 8.42 Å². The minimum Gasteiger partial charge on any atom is -0.370 e. The highest BCUT2D eigenvalue weighted by Crippen LogP contribution is 2.05. The minimum absolute atomic E-state index is 0.189. The monoisotopic (exact) mass is 254 g/mol. The van der Waals surface area contributed by atoms with Gasteiger partial charge in [0, 0.05) is 25.1 Å². The van der Waals surface area contributed by atoms with Gasteiger partial charge >= 0.3 is 0 Å². The summed E-state index contributed by atoms with van der Waals surface area (Å²) in [5, 5.41) is 7.12. The van der Waals surface area contributed by atoms with E-state index in [1.165, 1.54) is 6.26 Å². The fourth-order valence-electron chi connectivity index (χ4n) is 1.46. The molecule has 6 nitrogen and oxygen atoms in total. The van der Waals surface area contributed by atoms with E-state index >= 15 is 0 Å². The lowest BCUT2D eigenvalue weighted by molar-refractivity contribution is 0.600. The van der Waals surface area contributed by atoms with Gasteiger partial charge in [0.1, 0.15) is 15.7 Å². The van der Waals surface area contributed by atoms with E-state index in [2.05, 4.69) is 15.4 Å². The van der Waals surface area contributed by atoms with Gasteiger partial charge in [-0.3, -0.25) is 0 Å². The molecule has 7 heteroatoms. The molecule has 0 aliphatic rings. The quantitative estimate of drug-likeness (QED) is 0.790. The van der Waals surface area contributed by atoms with Crippen molar-refractivity contribution in [2.75, 3.05) is 23.9 Å². The second-order valence-electron chi connectivity index (χ2n) is 3.86. The SMILES string of the molecule is CS(=O)(=O)CCCNc1ccn2nccc2n1. The van der Waals surface area contributed by atoms with Crippen molar-refractivity contribution in [1.29, 1.82) is 0 Å². The summed E-state index contributed by atoms with van der Waals surface area (Å²) < 4.78 is 23.5. The van der Waals surface area contributed by atoms with E-state index in [0.717, 1.165) is 11.5 Å². The maximum atomic E-state index is 10.9. The zero-order valence-corrected chi connectivity index (χ0v) is 10.3. The van der Waals surface area contributed by atoms with Crippen LogP contribution in [0.3, 0.4) is 0 Å². The number of nitrogens with zero attached hydrogens (tertiary/aromatic N) is 3. The fourth-order valence-corrected chi connectivity index (χ4v) is 2.13. The number of sulfone groups is 1. The van der Waals surface area contributed by atoms with Crippen LogP contribution < -0.4 is 5.32 Å². The summed E-state index contributed by atoms with van der Waals surface area (Å²) >= 11 is 0. The van der Waals surface area contributed by atoms with Crippen molar-refractivity contribution >= 4 is 21.3 Å². The number of nitrogens with one attached hydrogen (secondary N) is 1. The molecule has 0 radical (unpaired) electrons. The van der Waals surface area contributed by atoms with E-state index in [4.69, 9.17) is 0 Å². The largest absolute Gasteiger partial charge is 0.370 e. The van der Waals surface area contributed by atoms with Crippen LogP contribution in [0.1, 0.15) is 6.42 Å². The van der Waals surface area contributed by atoms with Crippen LogP contribution in [-0.4, -0.2) is 41.6 Å². The van der Waals surface area contributed by atoms with E-state index in [1.807, 2.05) is 6.07 Å². The molecule has 0 fully saturated rings. The number of fused-ring (bicyclic) bond motifs is 1. The number of anilines is 1. The third kappa shape index (κ3) is 3.42. The lowest BCUT2D eigenvalue weighted by Gasteiger charge is -2.04. The Morgan fingerprint density at radius 2 is 2.24 bits per heavy atom. The average molecular weight is 254 g/mol. The zero-order valence-electron chi connectivity index (χ0n) is 9.50. The molecular formula is C10H14N4O2S. The molecular weight excluding hydrogens is 240 g/mol. The summed E-state index contributed by atoms with van der Waals surface area (Å²) in [6.07, 6.45) is 5.30. The molecule has 0 saturated heterocycles. The predicted octanol–water partition coefficient (Wildman–Crippen LogP) is 0.576. The lowest BCUT2D eigenvalue weighted by atomic mass is 10.4. The molecule has 0 aromatic carbocycles. The molecule has 0 spiro atoms. The molecule has 2 aromatic heterocycles. The van der Waals surface area contributed by atoms with Gasteiger partial charge in [0.05, 0.1) is 11.9 Å². The molecule has 92 valence electrons. The second kappa shape index (κ2) is 4.70. The van der Waals surface area contributed by atoms with Gasteiger partial charge in [-0.1, -0.05) is 0 Å². The van der Waals surface area contributed by atoms with Crippen molar-refractivity contribution in [2.45, 2.75) is 6.42 Å². The molecule has 0 atom stereocenters. The number of rotatable bonds is 5. The first-order valence-corrected chi connectivity index (χ1v) is 7.33. The van der Waals surface area contributed by atoms with Gasteiger partial charge in [-0.15, -0.1) is 0 Å². The maximum absolute atomic E-state index is 10.9. The van der Waals surface area contributed by atoms with Crippen LogP contribution in [0, 0.1) is 0 Å². The molecule has 0 bridgehead atoms. The molecule has 0 aliphatic heterocycles. The predicted molar refractivity (Wildman–Crippen MR) is 65.8 cm³/mol. The number of hydrogen-bond acceptors (Lipinski definition) is 5. The Hall–Kier alpha value is -1.63. The summed E-state index contributed by atoms with van der Waals surface area (Å²) in [4.78, 5) is 4.31. The van der Waals surface area contributed by atoms with Crippen LogP contribution in [0.2, 0.25) is 0 Å². The highest BCUT2D eigenvalue weighted by molar-refractivity contribution is 7.90. The van der Waals surface area contributed by atoms with E-state index in [0.29, 0.717) is 13.0 Å². The van der Waals surface area contributed by atoms with Crippen LogP contribution in [0.5, 0.6) is 0 Å². The van der Waals surface area contributed by atoms with Gasteiger partial charge in [0.2, 0.25) is 0 Å². The van der Waals surface area contributed by atoms with E-state index in [-0.39, 0.29) is 5.75 Å². The second-order valence-corrected chi connectivity index (χ2v) is 6.12. The van der Waals surface area contributed by atoms with Crippen molar-refractivity contribution < 1.29 is 8.42 Å². The standard InChI is InChI=1S/C10H14N4O2S/c1-17(15,16)8-2-5-11-9-4-7-14-10(13-9)3-6-12-14/h3-4,6-7H,2,5,8H2,1H3,(H,11,13). The Morgan fingerprint density at radius 1 is 1.41 bits per heavy atom. The molecule has 1 N–H and O–H groups in total. The Labute approximate surface area is 99.6 Å². The Balaban J connectivity index is 1.90. The van der Waals surface area contributed by atoms with Gasteiger partial charge in [0.15, 0.2) is 5.65 Å². The highest BCUT2D eigenvalue weighted by atomic mass is 32.2. The van der Waals surface area contributed by atoms with E-state index in [1.54, 1.807) is 23.0 Å². The van der Waals surface area contributed by atoms with Gasteiger partial charge in [0.25, 0.3) is 0 Å². The van der Waals surface area contributed by atoms with Crippen molar-refractivity contribution in [3.63, 3.8) is 0 Å². The fraction of sp³-hybridized carbons (Fsp3) is 0.400. The smallest absolute Gasteiger partial charge is 0.157 e. The summed E-state index contributed by atoms with van der Waals surface area (Å²) in [5.74, 6) is 0.918. The van der Waals surface area contributed by atoms with Gasteiger partial charge in [-0.05, 0) is 12.5 Å². The van der Waals surface area contributed by atoms with E-state index < -0.39 is 9.84 Å². The first-order valence-electron chi connectivity index (χ1n) is 5.27. The molecule has 2 rings (SSSR count). The summed E-state index contributed by atoms with van der Waals surface area (Å²) in [6, 6.07) is 3.61. The normalized spacial score (nSPS) is 11.8. The first kappa shape index (κ1) is 11.8. The summed E-state index contributed by atoms with van der Waals surface area (Å²) in [5.41, 5.74) is 0.762. The lowest BCUT2D eigenvalue weighted by Crippen LogP contribution is -2.10. The molecule has 0 aliphatic carbocycles. The third-order valence-electron chi connectivity index (χ3n) is 2.26. The third-order valence-corrected chi connectivity index (χ3v) is 3.29. The topological polar surface area (TPSA) is 76.4 Å². The van der Waals surface area contributed by atoms with Crippen LogP contribution in [0.4, 0.5) is 5.82 Å². The average Bonchev–Trinajstić information content (AvgIpc) is 2.70. The summed E-state index contributed by atoms with van der Waals surface area (Å²) in [7, 11) is -2.88. The zero-order chi connectivity index (χ0) is 12.3. The van der Waals surface area contributed by atoms with Gasteiger partial charge in [-0.2, -0.15) is 5.10 Å². The molecule has 0 amide bonds. The minimum atomic E-state index is -2.88. The highest BCUT2D eigenvalue weighted by Gasteiger charge is 2.02. The van der Waals surface area contributed by atoms with Gasteiger partial charge in [-0.25, -0.2) is 17.9 Å². The van der Waals surface area contributed by atoms with Crippen molar-refractivity contribution in [3.8, 4) is 0 Å². The van der Waals surface area contributed by atoms with Gasteiger partial charge < -0.3 is 5.32 Å². The maximum Gasteiger partial charge on any atom is 0.157 e. The molecule has 2 heterocycles. The van der Waals surface area contributed by atoms with Crippen LogP contribution in [0.25, 0.3) is 5.65 Å². The Morgan fingerprint density at radius 3 is 3.00 bits per heavy atom. The van der Waals surface area contributed by atoms with Crippen molar-refractivity contribution in [3.05, 3.63) is 24.5 Å². The Kier molecular flexibility index (Phi) is 3.28. The first-order chi connectivity index (χ1) is 8.04. The van der Waals surface area contributed by atoms with Crippen LogP contribution in [0.15, 0.2) is 24.5 Å².